The summed E-state index contributed by atoms with van der Waals surface area (Å²) in [7, 11) is 0. The molecule has 2 radical (unpaired) electrons. The molecule has 0 aliphatic heterocycles. The van der Waals surface area contributed by atoms with Crippen LogP contribution in [0.1, 0.15) is 79.1 Å². The topological polar surface area (TPSA) is 52.6 Å². The summed E-state index contributed by atoms with van der Waals surface area (Å²) in [6, 6.07) is 0. The molecule has 0 aromatic heterocycles. The zero-order chi connectivity index (χ0) is 20.9. The Morgan fingerprint density at radius 2 is 1.04 bits per heavy atom. The van der Waals surface area contributed by atoms with Gasteiger partial charge in [0.2, 0.25) is 0 Å². The van der Waals surface area contributed by atoms with Crippen molar-refractivity contribution >= 4 is 33.1 Å². The molecule has 0 saturated carbocycles. The molecular formula is C22H42O4Sn. The van der Waals surface area contributed by atoms with E-state index in [1.165, 1.54) is 12.8 Å². The Labute approximate surface area is 178 Å². The van der Waals surface area contributed by atoms with E-state index in [-0.39, 0.29) is 21.1 Å². The molecule has 0 aliphatic carbocycles. The fourth-order valence-electron chi connectivity index (χ4n) is 2.24. The number of carbonyl (C=O) groups excluding carboxylic acids is 2. The molecule has 0 bridgehead atoms. The molecule has 0 aliphatic rings. The maximum atomic E-state index is 11.5. The SMILES string of the molecule is CC(C)CCCCCOC(=O)/C=C\C(=O)OCCCCCC(C)C.[CH3][Sn][CH3]. The van der Waals surface area contributed by atoms with E-state index in [1.54, 1.807) is 0 Å². The van der Waals surface area contributed by atoms with Crippen molar-refractivity contribution < 1.29 is 19.1 Å². The summed E-state index contributed by atoms with van der Waals surface area (Å²) in [5.41, 5.74) is 0. The Hall–Kier alpha value is -0.521. The molecule has 0 aromatic carbocycles. The van der Waals surface area contributed by atoms with Gasteiger partial charge in [-0.15, -0.1) is 0 Å². The van der Waals surface area contributed by atoms with Crippen molar-refractivity contribution in [2.75, 3.05) is 13.2 Å². The zero-order valence-corrected chi connectivity index (χ0v) is 21.4. The Morgan fingerprint density at radius 3 is 1.33 bits per heavy atom. The quantitative estimate of drug-likeness (QED) is 0.133. The van der Waals surface area contributed by atoms with Crippen molar-refractivity contribution in [2.24, 2.45) is 11.8 Å². The molecule has 0 rings (SSSR count). The number of hydrogen-bond donors (Lipinski definition) is 0. The van der Waals surface area contributed by atoms with Gasteiger partial charge in [0.05, 0.1) is 13.2 Å². The first kappa shape index (κ1) is 28.7. The molecule has 0 amide bonds. The van der Waals surface area contributed by atoms with Crippen molar-refractivity contribution in [1.29, 1.82) is 0 Å². The molecule has 27 heavy (non-hydrogen) atoms. The van der Waals surface area contributed by atoms with Gasteiger partial charge in [0.1, 0.15) is 0 Å². The van der Waals surface area contributed by atoms with Gasteiger partial charge in [0.25, 0.3) is 0 Å². The van der Waals surface area contributed by atoms with Gasteiger partial charge < -0.3 is 9.47 Å². The molecule has 0 N–H and O–H groups in total. The molecule has 0 heterocycles. The Kier molecular flexibility index (Phi) is 23.1. The Morgan fingerprint density at radius 1 is 0.704 bits per heavy atom. The number of hydrogen-bond acceptors (Lipinski definition) is 4. The van der Waals surface area contributed by atoms with Crippen LogP contribution in [0.4, 0.5) is 0 Å². The molecule has 0 aromatic rings. The van der Waals surface area contributed by atoms with Gasteiger partial charge in [0, 0.05) is 12.2 Å². The maximum absolute atomic E-state index is 11.5. The molecule has 0 saturated heterocycles. The van der Waals surface area contributed by atoms with Crippen LogP contribution in [0.2, 0.25) is 9.88 Å². The predicted octanol–water partition coefficient (Wildman–Crippen LogP) is 5.85. The second-order valence-corrected chi connectivity index (χ2v) is 10.5. The van der Waals surface area contributed by atoms with Gasteiger partial charge >= 0.3 is 43.0 Å². The molecule has 0 spiro atoms. The van der Waals surface area contributed by atoms with E-state index in [2.05, 4.69) is 37.6 Å². The van der Waals surface area contributed by atoms with Crippen LogP contribution < -0.4 is 0 Å². The summed E-state index contributed by atoms with van der Waals surface area (Å²) in [6.45, 7) is 9.63. The van der Waals surface area contributed by atoms with Gasteiger partial charge in [-0.25, -0.2) is 9.59 Å². The van der Waals surface area contributed by atoms with Crippen molar-refractivity contribution in [3.63, 3.8) is 0 Å². The van der Waals surface area contributed by atoms with Crippen LogP contribution in [0.15, 0.2) is 12.2 Å². The first-order valence-corrected chi connectivity index (χ1v) is 16.1. The molecule has 158 valence electrons. The van der Waals surface area contributed by atoms with Crippen molar-refractivity contribution in [3.05, 3.63) is 12.2 Å². The summed E-state index contributed by atoms with van der Waals surface area (Å²) >= 11 is 0.230. The van der Waals surface area contributed by atoms with Gasteiger partial charge in [-0.1, -0.05) is 66.2 Å². The van der Waals surface area contributed by atoms with Crippen LogP contribution in [-0.4, -0.2) is 46.3 Å². The Bertz CT molecular complexity index is 345. The number of unbranched alkanes of at least 4 members (excludes halogenated alkanes) is 4. The molecule has 5 heteroatoms. The minimum absolute atomic E-state index is 0.230. The summed E-state index contributed by atoms with van der Waals surface area (Å²) in [4.78, 5) is 27.5. The Balaban J connectivity index is 0. The van der Waals surface area contributed by atoms with E-state index in [0.717, 1.165) is 62.5 Å². The summed E-state index contributed by atoms with van der Waals surface area (Å²) in [5.74, 6) is 0.480. The first-order valence-electron chi connectivity index (χ1n) is 10.4. The van der Waals surface area contributed by atoms with Crippen molar-refractivity contribution in [3.8, 4) is 0 Å². The monoisotopic (exact) mass is 490 g/mol. The second kappa shape index (κ2) is 21.8. The number of carbonyl (C=O) groups is 2. The summed E-state index contributed by atoms with van der Waals surface area (Å²) in [5, 5.41) is 0. The van der Waals surface area contributed by atoms with E-state index < -0.39 is 11.9 Å². The average molecular weight is 489 g/mol. The molecule has 0 fully saturated rings. The van der Waals surface area contributed by atoms with Crippen LogP contribution in [0.25, 0.3) is 0 Å². The minimum atomic E-state index is -0.479. The third kappa shape index (κ3) is 27.8. The third-order valence-electron chi connectivity index (χ3n) is 3.70. The van der Waals surface area contributed by atoms with E-state index in [0.29, 0.717) is 13.2 Å². The average Bonchev–Trinajstić information content (AvgIpc) is 2.59. The third-order valence-corrected chi connectivity index (χ3v) is 3.70. The molecular weight excluding hydrogens is 447 g/mol. The van der Waals surface area contributed by atoms with Crippen molar-refractivity contribution in [2.45, 2.75) is 88.9 Å². The van der Waals surface area contributed by atoms with E-state index in [9.17, 15) is 9.59 Å². The second-order valence-electron chi connectivity index (χ2n) is 7.65. The zero-order valence-electron chi connectivity index (χ0n) is 18.5. The van der Waals surface area contributed by atoms with Gasteiger partial charge in [-0.05, 0) is 24.7 Å². The van der Waals surface area contributed by atoms with Gasteiger partial charge in [-0.2, -0.15) is 0 Å². The van der Waals surface area contributed by atoms with Crippen molar-refractivity contribution in [1.82, 2.24) is 0 Å². The summed E-state index contributed by atoms with van der Waals surface area (Å²) in [6.07, 6.45) is 10.9. The van der Waals surface area contributed by atoms with E-state index in [1.807, 2.05) is 0 Å². The fourth-order valence-corrected chi connectivity index (χ4v) is 2.24. The van der Waals surface area contributed by atoms with Crippen LogP contribution in [0.5, 0.6) is 0 Å². The van der Waals surface area contributed by atoms with Crippen LogP contribution in [0.3, 0.4) is 0 Å². The standard InChI is InChI=1S/C20H36O4.2CH3.Sn/c1-17(2)11-7-5-9-15-23-19(21)13-14-20(22)24-16-10-6-8-12-18(3)4;;;/h13-14,17-18H,5-12,15-16H2,1-4H3;2*1H3;/b14-13-;;;. The van der Waals surface area contributed by atoms with Gasteiger partial charge in [-0.3, -0.25) is 0 Å². The molecule has 0 atom stereocenters. The number of esters is 2. The molecule has 0 unspecified atom stereocenters. The van der Waals surface area contributed by atoms with Crippen LogP contribution in [-0.2, 0) is 19.1 Å². The van der Waals surface area contributed by atoms with Crippen LogP contribution in [0, 0.1) is 11.8 Å². The fraction of sp³-hybridized carbons (Fsp3) is 0.818. The predicted molar refractivity (Wildman–Crippen MR) is 115 cm³/mol. The van der Waals surface area contributed by atoms with E-state index >= 15 is 0 Å². The first-order chi connectivity index (χ1) is 12.8. The number of rotatable bonds is 14. The summed E-state index contributed by atoms with van der Waals surface area (Å²) < 4.78 is 10.1. The molecule has 4 nitrogen and oxygen atoms in total. The van der Waals surface area contributed by atoms with Gasteiger partial charge in [0.15, 0.2) is 0 Å². The van der Waals surface area contributed by atoms with Crippen LogP contribution >= 0.6 is 0 Å². The number of ether oxygens (including phenoxy) is 2. The normalized spacial score (nSPS) is 10.8. The van der Waals surface area contributed by atoms with E-state index in [4.69, 9.17) is 9.47 Å².